The third kappa shape index (κ3) is 2.72. The van der Waals surface area contributed by atoms with Crippen LogP contribution in [0, 0.1) is 23.2 Å². The van der Waals surface area contributed by atoms with Crippen molar-refractivity contribution in [3.05, 3.63) is 20.8 Å². The molecule has 4 aliphatic carbocycles. The first-order chi connectivity index (χ1) is 13.3. The van der Waals surface area contributed by atoms with E-state index >= 15 is 0 Å². The highest BCUT2D eigenvalue weighted by atomic mass is 16.2. The van der Waals surface area contributed by atoms with Crippen LogP contribution < -0.4 is 22.3 Å². The average Bonchev–Trinajstić information content (AvgIpc) is 3.04. The number of nitrogens with two attached hydrogens (primary N) is 1. The molecule has 0 radical (unpaired) electrons. The molecule has 0 saturated heterocycles. The van der Waals surface area contributed by atoms with E-state index in [4.69, 9.17) is 5.73 Å². The number of nitrogens with zero attached hydrogens (tertiary/aromatic N) is 2. The van der Waals surface area contributed by atoms with Crippen LogP contribution in [0.15, 0.2) is 9.59 Å². The highest BCUT2D eigenvalue weighted by Crippen LogP contribution is 2.65. The number of rotatable bonds is 6. The molecule has 28 heavy (non-hydrogen) atoms. The molecule has 1 amide bonds. The highest BCUT2D eigenvalue weighted by molar-refractivity contribution is 5.98. The zero-order chi connectivity index (χ0) is 20.2. The van der Waals surface area contributed by atoms with Crippen molar-refractivity contribution >= 4 is 23.2 Å². The van der Waals surface area contributed by atoms with Gasteiger partial charge < -0.3 is 11.1 Å². The smallest absolute Gasteiger partial charge is 0.333 e. The fraction of sp³-hybridized carbons (Fsp3) is 0.700. The maximum Gasteiger partial charge on any atom is 0.333 e. The molecular weight excluding hydrogens is 360 g/mol. The molecule has 0 aliphatic heterocycles. The average molecular weight is 388 g/mol. The van der Waals surface area contributed by atoms with E-state index in [9.17, 15) is 19.2 Å². The zero-order valence-electron chi connectivity index (χ0n) is 16.5. The number of carbonyl (C=O) groups excluding carboxylic acids is 2. The molecule has 1 heterocycles. The van der Waals surface area contributed by atoms with Gasteiger partial charge in [-0.05, 0) is 63.2 Å². The summed E-state index contributed by atoms with van der Waals surface area (Å²) in [4.78, 5) is 50.4. The Kier molecular flexibility index (Phi) is 4.47. The van der Waals surface area contributed by atoms with Gasteiger partial charge in [0.05, 0.1) is 12.0 Å². The lowest BCUT2D eigenvalue weighted by molar-refractivity contribution is -0.127. The molecule has 1 aromatic rings. The van der Waals surface area contributed by atoms with Crippen LogP contribution in [0.3, 0.4) is 0 Å². The first kappa shape index (κ1) is 19.0. The minimum Gasteiger partial charge on any atom is -0.383 e. The number of nitrogen functional groups attached to an aromatic ring is 1. The Morgan fingerprint density at radius 3 is 2.36 bits per heavy atom. The molecule has 0 spiro atoms. The fourth-order valence-electron chi connectivity index (χ4n) is 6.04. The molecule has 2 unspecified atom stereocenters. The summed E-state index contributed by atoms with van der Waals surface area (Å²) in [6.07, 6.45) is 5.75. The first-order valence-corrected chi connectivity index (χ1v) is 10.2. The van der Waals surface area contributed by atoms with Crippen molar-refractivity contribution in [3.8, 4) is 0 Å². The summed E-state index contributed by atoms with van der Waals surface area (Å²) in [5.74, 6) is 1.09. The largest absolute Gasteiger partial charge is 0.383 e. The molecule has 8 heteroatoms. The van der Waals surface area contributed by atoms with Crippen LogP contribution in [-0.2, 0) is 22.7 Å². The summed E-state index contributed by atoms with van der Waals surface area (Å²) in [7, 11) is 0. The molecule has 4 saturated carbocycles. The molecule has 8 nitrogen and oxygen atoms in total. The number of carbonyl (C=O) groups is 2. The highest BCUT2D eigenvalue weighted by Gasteiger charge is 2.61. The predicted octanol–water partition coefficient (Wildman–Crippen LogP) is 1.36. The number of nitrogens with one attached hydrogen (secondary N) is 1. The third-order valence-corrected chi connectivity index (χ3v) is 6.98. The molecule has 4 aliphatic rings. The van der Waals surface area contributed by atoms with E-state index in [1.165, 1.54) is 17.9 Å². The van der Waals surface area contributed by atoms with E-state index in [1.807, 2.05) is 6.92 Å². The molecule has 0 aromatic carbocycles. The minimum absolute atomic E-state index is 0.0286. The number of hydrogen-bond acceptors (Lipinski definition) is 5. The van der Waals surface area contributed by atoms with Gasteiger partial charge >= 0.3 is 5.69 Å². The van der Waals surface area contributed by atoms with Crippen molar-refractivity contribution < 1.29 is 9.59 Å². The second-order valence-electron chi connectivity index (χ2n) is 8.94. The molecule has 4 fully saturated rings. The van der Waals surface area contributed by atoms with Crippen LogP contribution >= 0.6 is 0 Å². The van der Waals surface area contributed by atoms with Gasteiger partial charge in [0, 0.05) is 6.54 Å². The van der Waals surface area contributed by atoms with E-state index in [2.05, 4.69) is 5.32 Å². The summed E-state index contributed by atoms with van der Waals surface area (Å²) < 4.78 is 2.15. The van der Waals surface area contributed by atoms with Crippen molar-refractivity contribution in [2.75, 3.05) is 11.1 Å². The third-order valence-electron chi connectivity index (χ3n) is 6.98. The standard InChI is InChI=1S/C20H28N4O4/c1-3-4-23-16(21)15(17(26)24(19(23)28)10-11(2)25)22-18(27)20-8-12-5-13(9-20)7-14(20)6-12/h12-14H,3-10,21H2,1-2H3,(H,22,27). The second-order valence-corrected chi connectivity index (χ2v) is 8.94. The normalized spacial score (nSPS) is 30.0. The maximum absolute atomic E-state index is 13.3. The van der Waals surface area contributed by atoms with Crippen LogP contribution in [0.4, 0.5) is 11.5 Å². The number of Topliss-reactive ketones (excluding diaryl/α,β-unsaturated/α-hetero) is 1. The summed E-state index contributed by atoms with van der Waals surface area (Å²) in [6, 6.07) is 0. The van der Waals surface area contributed by atoms with Gasteiger partial charge in [-0.1, -0.05) is 6.92 Å². The van der Waals surface area contributed by atoms with Gasteiger partial charge in [0.15, 0.2) is 0 Å². The molecule has 2 atom stereocenters. The Morgan fingerprint density at radius 2 is 1.79 bits per heavy atom. The zero-order valence-corrected chi connectivity index (χ0v) is 16.5. The molecule has 4 bridgehead atoms. The quantitative estimate of drug-likeness (QED) is 0.763. The Balaban J connectivity index is 1.74. The summed E-state index contributed by atoms with van der Waals surface area (Å²) in [5, 5.41) is 2.80. The van der Waals surface area contributed by atoms with E-state index < -0.39 is 16.7 Å². The SMILES string of the molecule is CCCn1c(N)c(NC(=O)C23CC4CC(CC2C4)C3)c(=O)n(CC(C)=O)c1=O. The van der Waals surface area contributed by atoms with Gasteiger partial charge in [-0.3, -0.25) is 23.5 Å². The molecule has 5 rings (SSSR count). The number of amides is 1. The summed E-state index contributed by atoms with van der Waals surface area (Å²) in [6.45, 7) is 3.18. The Bertz CT molecular complexity index is 946. The Hall–Kier alpha value is -2.38. The number of hydrogen-bond donors (Lipinski definition) is 2. The summed E-state index contributed by atoms with van der Waals surface area (Å²) in [5.41, 5.74) is 4.34. The number of anilines is 2. The monoisotopic (exact) mass is 388 g/mol. The van der Waals surface area contributed by atoms with Crippen molar-refractivity contribution in [3.63, 3.8) is 0 Å². The van der Waals surface area contributed by atoms with Gasteiger partial charge in [0.1, 0.15) is 17.3 Å². The van der Waals surface area contributed by atoms with Crippen molar-refractivity contribution in [1.82, 2.24) is 9.13 Å². The predicted molar refractivity (Wildman–Crippen MR) is 105 cm³/mol. The van der Waals surface area contributed by atoms with Gasteiger partial charge in [-0.2, -0.15) is 0 Å². The lowest BCUT2D eigenvalue weighted by Crippen LogP contribution is -2.45. The van der Waals surface area contributed by atoms with Crippen LogP contribution in [0.25, 0.3) is 0 Å². The first-order valence-electron chi connectivity index (χ1n) is 10.2. The lowest BCUT2D eigenvalue weighted by Gasteiger charge is -2.31. The van der Waals surface area contributed by atoms with Crippen LogP contribution in [0.5, 0.6) is 0 Å². The van der Waals surface area contributed by atoms with Gasteiger partial charge in [0.25, 0.3) is 5.56 Å². The lowest BCUT2D eigenvalue weighted by atomic mass is 9.75. The molecule has 152 valence electrons. The van der Waals surface area contributed by atoms with E-state index in [0.29, 0.717) is 30.7 Å². The summed E-state index contributed by atoms with van der Waals surface area (Å²) >= 11 is 0. The Morgan fingerprint density at radius 1 is 1.14 bits per heavy atom. The topological polar surface area (TPSA) is 116 Å². The van der Waals surface area contributed by atoms with Crippen molar-refractivity contribution in [1.29, 1.82) is 0 Å². The molecule has 3 N–H and O–H groups in total. The van der Waals surface area contributed by atoms with Gasteiger partial charge in [-0.15, -0.1) is 0 Å². The number of aromatic nitrogens is 2. The van der Waals surface area contributed by atoms with Crippen LogP contribution in [0.2, 0.25) is 0 Å². The number of ketones is 1. The molecular formula is C20H28N4O4. The van der Waals surface area contributed by atoms with Gasteiger partial charge in [0.2, 0.25) is 5.91 Å². The maximum atomic E-state index is 13.3. The second kappa shape index (κ2) is 6.60. The van der Waals surface area contributed by atoms with Gasteiger partial charge in [-0.25, -0.2) is 4.79 Å². The van der Waals surface area contributed by atoms with E-state index in [1.54, 1.807) is 0 Å². The van der Waals surface area contributed by atoms with E-state index in [-0.39, 0.29) is 29.7 Å². The molecule has 1 aromatic heterocycles. The fourth-order valence-corrected chi connectivity index (χ4v) is 6.04. The minimum atomic E-state index is -0.701. The Labute approximate surface area is 163 Å². The van der Waals surface area contributed by atoms with Crippen LogP contribution in [0.1, 0.15) is 52.4 Å². The van der Waals surface area contributed by atoms with Crippen molar-refractivity contribution in [2.45, 2.75) is 65.5 Å². The van der Waals surface area contributed by atoms with Crippen molar-refractivity contribution in [2.24, 2.45) is 23.2 Å². The van der Waals surface area contributed by atoms with Crippen LogP contribution in [-0.4, -0.2) is 20.8 Å². The van der Waals surface area contributed by atoms with E-state index in [0.717, 1.165) is 30.3 Å².